The van der Waals surface area contributed by atoms with E-state index in [2.05, 4.69) is 35.1 Å². The Labute approximate surface area is 174 Å². The quantitative estimate of drug-likeness (QED) is 0.455. The third-order valence-electron chi connectivity index (χ3n) is 5.00. The molecule has 8 nitrogen and oxygen atoms in total. The molecule has 5 aromatic heterocycles. The molecule has 2 N–H and O–H groups in total. The first kappa shape index (κ1) is 17.3. The summed E-state index contributed by atoms with van der Waals surface area (Å²) in [5, 5.41) is 7.41. The van der Waals surface area contributed by atoms with Crippen molar-refractivity contribution in [3.63, 3.8) is 0 Å². The number of nitrogens with zero attached hydrogens (tertiary/aromatic N) is 6. The van der Waals surface area contributed by atoms with Gasteiger partial charge in [-0.15, -0.1) is 0 Å². The average Bonchev–Trinajstić information content (AvgIpc) is 3.43. The molecule has 0 fully saturated rings. The van der Waals surface area contributed by atoms with Crippen molar-refractivity contribution in [1.82, 2.24) is 40.1 Å². The molecule has 5 heterocycles. The van der Waals surface area contributed by atoms with E-state index in [-0.39, 0.29) is 5.82 Å². The van der Waals surface area contributed by atoms with E-state index in [4.69, 9.17) is 4.98 Å². The molecule has 0 saturated carbocycles. The Balaban J connectivity index is 1.51. The zero-order valence-corrected chi connectivity index (χ0v) is 15.9. The summed E-state index contributed by atoms with van der Waals surface area (Å²) in [5.74, 6) is 0.249. The summed E-state index contributed by atoms with van der Waals surface area (Å²) in [6.45, 7) is 0. The van der Waals surface area contributed by atoms with E-state index in [1.165, 1.54) is 12.1 Å². The molecule has 9 heteroatoms. The van der Waals surface area contributed by atoms with E-state index in [0.29, 0.717) is 34.1 Å². The standard InChI is InChI=1S/C22H13FN8/c23-13-3-1-12(2-4-13)14-7-8-26-21-18(14)28-22(29-21)20-19-16(30-31-20)6-5-15(27-19)17-11-24-9-10-25-17/h1-11H,(H,30,31)(H,26,28,29). The Kier molecular flexibility index (Phi) is 3.79. The number of hydrogen-bond acceptors (Lipinski definition) is 6. The Morgan fingerprint density at radius 3 is 2.55 bits per heavy atom. The summed E-state index contributed by atoms with van der Waals surface area (Å²) in [5.41, 5.74) is 6.37. The SMILES string of the molecule is Fc1ccc(-c2ccnc3nc(-c4n[nH]c5ccc(-c6cnccn6)nc45)[nH]c23)cc1. The van der Waals surface area contributed by atoms with Crippen LogP contribution in [0.15, 0.2) is 67.3 Å². The minimum absolute atomic E-state index is 0.285. The number of imidazole rings is 1. The number of pyridine rings is 2. The Bertz CT molecular complexity index is 1540. The maximum absolute atomic E-state index is 13.4. The van der Waals surface area contributed by atoms with Gasteiger partial charge in [-0.25, -0.2) is 19.3 Å². The molecule has 0 aliphatic carbocycles. The van der Waals surface area contributed by atoms with Crippen LogP contribution >= 0.6 is 0 Å². The van der Waals surface area contributed by atoms with Crippen molar-refractivity contribution in [2.45, 2.75) is 0 Å². The summed E-state index contributed by atoms with van der Waals surface area (Å²) in [4.78, 5) is 25.4. The van der Waals surface area contributed by atoms with E-state index in [1.807, 2.05) is 18.2 Å². The molecule has 31 heavy (non-hydrogen) atoms. The average molecular weight is 408 g/mol. The first-order chi connectivity index (χ1) is 15.3. The molecular weight excluding hydrogens is 395 g/mol. The van der Waals surface area contributed by atoms with Gasteiger partial charge in [0.1, 0.15) is 17.0 Å². The molecule has 6 rings (SSSR count). The van der Waals surface area contributed by atoms with Gasteiger partial charge in [-0.2, -0.15) is 5.10 Å². The summed E-state index contributed by atoms with van der Waals surface area (Å²) < 4.78 is 13.4. The van der Waals surface area contributed by atoms with E-state index in [9.17, 15) is 4.39 Å². The van der Waals surface area contributed by atoms with Gasteiger partial charge in [0.2, 0.25) is 0 Å². The molecule has 0 atom stereocenters. The van der Waals surface area contributed by atoms with Crippen molar-refractivity contribution < 1.29 is 4.39 Å². The lowest BCUT2D eigenvalue weighted by molar-refractivity contribution is 0.628. The molecule has 0 amide bonds. The van der Waals surface area contributed by atoms with Gasteiger partial charge in [0.25, 0.3) is 0 Å². The van der Waals surface area contributed by atoms with Crippen molar-refractivity contribution >= 4 is 22.2 Å². The molecule has 0 bridgehead atoms. The third-order valence-corrected chi connectivity index (χ3v) is 5.00. The predicted octanol–water partition coefficient (Wildman–Crippen LogP) is 4.16. The number of benzene rings is 1. The molecule has 0 saturated heterocycles. The number of hydrogen-bond donors (Lipinski definition) is 2. The van der Waals surface area contributed by atoms with Gasteiger partial charge in [-0.3, -0.25) is 15.1 Å². The number of rotatable bonds is 3. The molecular formula is C22H13FN8. The van der Waals surface area contributed by atoms with Gasteiger partial charge < -0.3 is 4.98 Å². The van der Waals surface area contributed by atoms with E-state index in [1.54, 1.807) is 36.9 Å². The lowest BCUT2D eigenvalue weighted by Gasteiger charge is -2.02. The van der Waals surface area contributed by atoms with Gasteiger partial charge in [0.05, 0.1) is 22.9 Å². The first-order valence-electron chi connectivity index (χ1n) is 9.49. The van der Waals surface area contributed by atoms with E-state index >= 15 is 0 Å². The van der Waals surface area contributed by atoms with Crippen LogP contribution in [0, 0.1) is 5.82 Å². The summed E-state index contributed by atoms with van der Waals surface area (Å²) in [6, 6.07) is 11.9. The number of nitrogens with one attached hydrogen (secondary N) is 2. The van der Waals surface area contributed by atoms with Crippen LogP contribution in [0.3, 0.4) is 0 Å². The smallest absolute Gasteiger partial charge is 0.178 e. The fourth-order valence-corrected chi connectivity index (χ4v) is 3.53. The highest BCUT2D eigenvalue weighted by molar-refractivity contribution is 5.94. The van der Waals surface area contributed by atoms with E-state index < -0.39 is 0 Å². The van der Waals surface area contributed by atoms with E-state index in [0.717, 1.165) is 22.2 Å². The highest BCUT2D eigenvalue weighted by atomic mass is 19.1. The maximum Gasteiger partial charge on any atom is 0.178 e. The summed E-state index contributed by atoms with van der Waals surface area (Å²) >= 11 is 0. The fourth-order valence-electron chi connectivity index (χ4n) is 3.53. The number of H-pyrrole nitrogens is 2. The van der Waals surface area contributed by atoms with Crippen LogP contribution in [0.2, 0.25) is 0 Å². The summed E-state index contributed by atoms with van der Waals surface area (Å²) in [7, 11) is 0. The van der Waals surface area contributed by atoms with Crippen LogP contribution in [-0.2, 0) is 0 Å². The van der Waals surface area contributed by atoms with Gasteiger partial charge in [-0.05, 0) is 35.9 Å². The highest BCUT2D eigenvalue weighted by Gasteiger charge is 2.17. The Morgan fingerprint density at radius 2 is 1.71 bits per heavy atom. The second-order valence-corrected chi connectivity index (χ2v) is 6.90. The molecule has 148 valence electrons. The number of halogens is 1. The van der Waals surface area contributed by atoms with Gasteiger partial charge in [-0.1, -0.05) is 12.1 Å². The van der Waals surface area contributed by atoms with Gasteiger partial charge >= 0.3 is 0 Å². The largest absolute Gasteiger partial charge is 0.335 e. The molecule has 0 unspecified atom stereocenters. The van der Waals surface area contributed by atoms with Gasteiger partial charge in [0.15, 0.2) is 17.2 Å². The summed E-state index contributed by atoms with van der Waals surface area (Å²) in [6.07, 6.45) is 6.58. The third kappa shape index (κ3) is 2.91. The van der Waals surface area contributed by atoms with Crippen LogP contribution < -0.4 is 0 Å². The van der Waals surface area contributed by atoms with Crippen molar-refractivity contribution in [1.29, 1.82) is 0 Å². The number of aromatic nitrogens is 8. The topological polar surface area (TPSA) is 109 Å². The molecule has 0 radical (unpaired) electrons. The lowest BCUT2D eigenvalue weighted by Crippen LogP contribution is -1.89. The van der Waals surface area contributed by atoms with Crippen LogP contribution in [-0.4, -0.2) is 40.1 Å². The van der Waals surface area contributed by atoms with Crippen LogP contribution in [0.5, 0.6) is 0 Å². The fraction of sp³-hybridized carbons (Fsp3) is 0. The molecule has 0 aliphatic rings. The van der Waals surface area contributed by atoms with Crippen LogP contribution in [0.25, 0.3) is 56.2 Å². The van der Waals surface area contributed by atoms with Crippen molar-refractivity contribution in [3.8, 4) is 34.0 Å². The minimum atomic E-state index is -0.285. The first-order valence-corrected chi connectivity index (χ1v) is 9.49. The predicted molar refractivity (Wildman–Crippen MR) is 113 cm³/mol. The molecule has 6 aromatic rings. The minimum Gasteiger partial charge on any atom is -0.335 e. The van der Waals surface area contributed by atoms with Crippen molar-refractivity contribution in [2.24, 2.45) is 0 Å². The second-order valence-electron chi connectivity index (χ2n) is 6.90. The highest BCUT2D eigenvalue weighted by Crippen LogP contribution is 2.30. The maximum atomic E-state index is 13.4. The lowest BCUT2D eigenvalue weighted by atomic mass is 10.1. The van der Waals surface area contributed by atoms with Gasteiger partial charge in [0, 0.05) is 24.2 Å². The second kappa shape index (κ2) is 6.77. The molecule has 0 aliphatic heterocycles. The normalized spacial score (nSPS) is 11.4. The Morgan fingerprint density at radius 1 is 0.806 bits per heavy atom. The van der Waals surface area contributed by atoms with Crippen molar-refractivity contribution in [2.75, 3.05) is 0 Å². The molecule has 0 spiro atoms. The monoisotopic (exact) mass is 408 g/mol. The Hall–Kier alpha value is -4.53. The van der Waals surface area contributed by atoms with Crippen molar-refractivity contribution in [3.05, 3.63) is 73.1 Å². The van der Waals surface area contributed by atoms with Crippen LogP contribution in [0.4, 0.5) is 4.39 Å². The van der Waals surface area contributed by atoms with Crippen LogP contribution in [0.1, 0.15) is 0 Å². The molecule has 1 aromatic carbocycles. The number of fused-ring (bicyclic) bond motifs is 2. The number of aromatic amines is 2. The zero-order valence-electron chi connectivity index (χ0n) is 15.9. The zero-order chi connectivity index (χ0) is 20.8.